The molecule has 7 heavy (non-hydrogen) atoms. The second-order valence-corrected chi connectivity index (χ2v) is 3.37. The Bertz CT molecular complexity index is 96.1. The van der Waals surface area contributed by atoms with Gasteiger partial charge in [0.2, 0.25) is 0 Å². The Morgan fingerprint density at radius 1 is 1.29 bits per heavy atom. The summed E-state index contributed by atoms with van der Waals surface area (Å²) in [6, 6.07) is 0. The summed E-state index contributed by atoms with van der Waals surface area (Å²) in [6.45, 7) is 0. The zero-order valence-corrected chi connectivity index (χ0v) is 10.1. The predicted molar refractivity (Wildman–Crippen MR) is 8.28 cm³/mol. The average molecular weight is 178 g/mol. The molecular weight excluding hydrogens is 178 g/mol. The normalized spacial score (nSPS) is 8.29. The van der Waals surface area contributed by atoms with Crippen molar-refractivity contribution in [2.75, 3.05) is 0 Å². The molecule has 0 fully saturated rings. The maximum absolute atomic E-state index is 8.96. The Labute approximate surface area is 92.1 Å². The van der Waals surface area contributed by atoms with Crippen LogP contribution in [0, 0.1) is 0 Å². The molecule has 0 aliphatic rings. The van der Waals surface area contributed by atoms with Gasteiger partial charge >= 0.3 is 93.8 Å². The molecule has 0 aromatic rings. The molecule has 3 nitrogen and oxygen atoms in total. The first-order chi connectivity index (χ1) is 2.00. The van der Waals surface area contributed by atoms with Gasteiger partial charge in [-0.2, -0.15) is 0 Å². The maximum atomic E-state index is 8.96. The van der Waals surface area contributed by atoms with Crippen LogP contribution in [0.1, 0.15) is 0 Å². The van der Waals surface area contributed by atoms with Crippen LogP contribution in [0.5, 0.6) is 0 Å². The topological polar surface area (TPSA) is 63.2 Å². The van der Waals surface area contributed by atoms with Gasteiger partial charge in [-0.15, -0.1) is 0 Å². The third-order valence-corrected chi connectivity index (χ3v) is 0. The fourth-order valence-electron chi connectivity index (χ4n) is 0. The second kappa shape index (κ2) is 6.59. The number of hydrogen-bond donors (Lipinski definition) is 0. The Kier molecular flexibility index (Phi) is 15.3. The molecule has 0 aromatic carbocycles. The van der Waals surface area contributed by atoms with E-state index in [9.17, 15) is 0 Å². The van der Waals surface area contributed by atoms with Gasteiger partial charge in [0.1, 0.15) is 0 Å². The van der Waals surface area contributed by atoms with Crippen LogP contribution in [0.4, 0.5) is 0 Å². The first-order valence-electron chi connectivity index (χ1n) is 0.667. The van der Waals surface area contributed by atoms with Crippen LogP contribution in [0.25, 0.3) is 0 Å². The van der Waals surface area contributed by atoms with E-state index in [0.29, 0.717) is 0 Å². The quantitative estimate of drug-likeness (QED) is 0.345. The molecule has 0 atom stereocenters. The molecule has 0 rings (SSSR count). The van der Waals surface area contributed by atoms with Gasteiger partial charge in [0, 0.05) is 0 Å². The predicted octanol–water partition coefficient (Wildman–Crippen LogP) is -7.84. The van der Waals surface area contributed by atoms with Gasteiger partial charge in [0.15, 0.2) is 0 Å². The summed E-state index contributed by atoms with van der Waals surface area (Å²) in [5.41, 5.74) is 0. The van der Waals surface area contributed by atoms with Crippen molar-refractivity contribution in [3.8, 4) is 0 Å². The molecule has 0 saturated heterocycles. The van der Waals surface area contributed by atoms with Gasteiger partial charge in [-0.3, -0.25) is 0 Å². The van der Waals surface area contributed by atoms with E-state index in [-0.39, 0.29) is 59.1 Å². The van der Waals surface area contributed by atoms with Crippen LogP contribution in [-0.4, -0.2) is 0 Å². The minimum atomic E-state index is -4.92. The zero-order chi connectivity index (χ0) is 4.50. The number of rotatable bonds is 0. The molecule has 0 aromatic heterocycles. The monoisotopic (exact) mass is 178 g/mol. The molecule has 0 bridgehead atoms. The Hall–Kier alpha value is 2.47. The molecule has 0 spiro atoms. The molecule has 0 saturated carbocycles. The van der Waals surface area contributed by atoms with E-state index in [2.05, 4.69) is 10.5 Å². The van der Waals surface area contributed by atoms with Crippen LogP contribution >= 0.6 is 10.5 Å². The van der Waals surface area contributed by atoms with Gasteiger partial charge in [-0.25, -0.2) is 0 Å². The Morgan fingerprint density at radius 2 is 1.29 bits per heavy atom. The van der Waals surface area contributed by atoms with E-state index < -0.39 is 12.0 Å². The second-order valence-electron chi connectivity index (χ2n) is 0.408. The first kappa shape index (κ1) is 16.2. The molecule has 0 amide bonds. The molecule has 0 aliphatic carbocycles. The fraction of sp³-hybridized carbons (Fsp3) is 0. The SMILES string of the molecule is [Na+].[Na+].[O]=[Cr]([O-])([O-])=[S]. The van der Waals surface area contributed by atoms with Gasteiger partial charge in [-0.05, 0) is 0 Å². The summed E-state index contributed by atoms with van der Waals surface area (Å²) in [6.07, 6.45) is 0. The van der Waals surface area contributed by atoms with Gasteiger partial charge < -0.3 is 0 Å². The third-order valence-electron chi connectivity index (χ3n) is 0. The molecule has 0 unspecified atom stereocenters. The van der Waals surface area contributed by atoms with Crippen molar-refractivity contribution in [1.82, 2.24) is 0 Å². The standard InChI is InChI=1S/Cr.2Na.3O.S/q;2*+1;;2*-1;. The van der Waals surface area contributed by atoms with E-state index in [0.717, 1.165) is 0 Å². The fourth-order valence-corrected chi connectivity index (χ4v) is 0. The summed E-state index contributed by atoms with van der Waals surface area (Å²) in [5.74, 6) is 0. The summed E-state index contributed by atoms with van der Waals surface area (Å²) >= 11 is -4.92. The Morgan fingerprint density at radius 3 is 1.29 bits per heavy atom. The van der Waals surface area contributed by atoms with Crippen LogP contribution in [0.2, 0.25) is 0 Å². The van der Waals surface area contributed by atoms with Gasteiger partial charge in [0.25, 0.3) is 0 Å². The minimum absolute atomic E-state index is 0. The third kappa shape index (κ3) is 58.1. The van der Waals surface area contributed by atoms with Crippen molar-refractivity contribution in [2.45, 2.75) is 0 Å². The van der Waals surface area contributed by atoms with Gasteiger partial charge in [-0.1, -0.05) is 0 Å². The summed E-state index contributed by atoms with van der Waals surface area (Å²) in [7, 11) is 3.32. The molecular formula is CrNa2O3S. The zero-order valence-electron chi connectivity index (χ0n) is 4.04. The van der Waals surface area contributed by atoms with Crippen molar-refractivity contribution in [3.05, 3.63) is 0 Å². The molecule has 0 aliphatic heterocycles. The summed E-state index contributed by atoms with van der Waals surface area (Å²) in [5, 5.41) is 0. The van der Waals surface area contributed by atoms with Gasteiger partial charge in [0.05, 0.1) is 0 Å². The van der Waals surface area contributed by atoms with E-state index in [1.165, 1.54) is 0 Å². The number of hydrogen-bond acceptors (Lipinski definition) is 4. The molecule has 32 valence electrons. The van der Waals surface area contributed by atoms with E-state index in [1.54, 1.807) is 0 Å². The van der Waals surface area contributed by atoms with E-state index >= 15 is 0 Å². The van der Waals surface area contributed by atoms with Crippen molar-refractivity contribution in [2.24, 2.45) is 0 Å². The van der Waals surface area contributed by atoms with E-state index in [4.69, 9.17) is 12.1 Å². The van der Waals surface area contributed by atoms with Crippen molar-refractivity contribution in [1.29, 1.82) is 0 Å². The van der Waals surface area contributed by atoms with E-state index in [1.807, 2.05) is 0 Å². The van der Waals surface area contributed by atoms with Crippen LogP contribution < -0.4 is 67.4 Å². The molecule has 7 heteroatoms. The van der Waals surface area contributed by atoms with Crippen LogP contribution in [-0.2, 0) is 15.8 Å². The van der Waals surface area contributed by atoms with Crippen molar-refractivity contribution < 1.29 is 83.3 Å². The van der Waals surface area contributed by atoms with Crippen molar-refractivity contribution in [3.63, 3.8) is 0 Å². The van der Waals surface area contributed by atoms with Crippen LogP contribution in [0.3, 0.4) is 0 Å². The summed E-state index contributed by atoms with van der Waals surface area (Å²) < 4.78 is 26.9. The Balaban J connectivity index is -0.0000000800. The molecule has 0 radical (unpaired) electrons. The summed E-state index contributed by atoms with van der Waals surface area (Å²) in [4.78, 5) is 0. The molecule has 0 heterocycles. The molecule has 0 N–H and O–H groups in total. The average Bonchev–Trinajstić information content (AvgIpc) is 0.722. The van der Waals surface area contributed by atoms with Crippen molar-refractivity contribution >= 4 is 10.5 Å². The first-order valence-corrected chi connectivity index (χ1v) is 4.12. The van der Waals surface area contributed by atoms with Crippen LogP contribution in [0.15, 0.2) is 0 Å².